The van der Waals surface area contributed by atoms with Crippen molar-refractivity contribution in [2.75, 3.05) is 0 Å². The van der Waals surface area contributed by atoms with Crippen molar-refractivity contribution in [2.45, 2.75) is 0 Å². The van der Waals surface area contributed by atoms with Gasteiger partial charge in [0.25, 0.3) is 0 Å². The Kier molecular flexibility index (Phi) is 3.87. The van der Waals surface area contributed by atoms with Crippen LogP contribution in [0.15, 0.2) is 127 Å². The third kappa shape index (κ3) is 2.53. The SMILES string of the molecule is c1ccc2c(c1)c1ccccc1c1cc(-n3c4cccc5ccc6ccc7sc8cccc3c8c7c6c54)ccc21. The monoisotopic (exact) mass is 523 g/mol. The Balaban J connectivity index is 1.48. The zero-order valence-corrected chi connectivity index (χ0v) is 22.3. The third-order valence-electron chi connectivity index (χ3n) is 8.91. The number of hydrogen-bond donors (Lipinski definition) is 0. The number of rotatable bonds is 1. The van der Waals surface area contributed by atoms with Gasteiger partial charge in [0.1, 0.15) is 0 Å². The van der Waals surface area contributed by atoms with Gasteiger partial charge in [-0.25, -0.2) is 0 Å². The second-order valence-corrected chi connectivity index (χ2v) is 12.0. The lowest BCUT2D eigenvalue weighted by Gasteiger charge is -2.16. The molecule has 2 aromatic heterocycles. The van der Waals surface area contributed by atoms with Crippen LogP contribution in [0.2, 0.25) is 0 Å². The maximum absolute atomic E-state index is 2.51. The first-order valence-corrected chi connectivity index (χ1v) is 14.6. The van der Waals surface area contributed by atoms with Crippen LogP contribution < -0.4 is 0 Å². The molecular weight excluding hydrogens is 502 g/mol. The minimum atomic E-state index is 1.19. The first kappa shape index (κ1) is 21.0. The van der Waals surface area contributed by atoms with Gasteiger partial charge in [-0.3, -0.25) is 0 Å². The number of aromatic nitrogens is 1. The molecule has 8 aromatic carbocycles. The average molecular weight is 524 g/mol. The van der Waals surface area contributed by atoms with Gasteiger partial charge >= 0.3 is 0 Å². The van der Waals surface area contributed by atoms with Crippen LogP contribution >= 0.6 is 11.3 Å². The molecule has 0 N–H and O–H groups in total. The molecule has 0 aliphatic carbocycles. The van der Waals surface area contributed by atoms with Crippen LogP contribution in [0.25, 0.3) is 90.8 Å². The third-order valence-corrected chi connectivity index (χ3v) is 10.0. The summed E-state index contributed by atoms with van der Waals surface area (Å²) in [5, 5.41) is 15.9. The molecule has 0 amide bonds. The van der Waals surface area contributed by atoms with Gasteiger partial charge in [-0.05, 0) is 79.5 Å². The number of fused-ring (bicyclic) bond motifs is 6. The molecule has 0 bridgehead atoms. The first-order chi connectivity index (χ1) is 19.8. The van der Waals surface area contributed by atoms with Crippen molar-refractivity contribution in [1.82, 2.24) is 4.57 Å². The molecule has 10 aromatic rings. The molecule has 0 spiro atoms. The summed E-state index contributed by atoms with van der Waals surface area (Å²) < 4.78 is 5.21. The molecule has 0 aliphatic heterocycles. The van der Waals surface area contributed by atoms with Crippen LogP contribution in [0.3, 0.4) is 0 Å². The van der Waals surface area contributed by atoms with Crippen LogP contribution in [0.4, 0.5) is 0 Å². The van der Waals surface area contributed by atoms with E-state index in [1.54, 1.807) is 0 Å². The summed E-state index contributed by atoms with van der Waals surface area (Å²) in [5.41, 5.74) is 3.69. The van der Waals surface area contributed by atoms with E-state index < -0.39 is 0 Å². The molecule has 1 nitrogen and oxygen atoms in total. The van der Waals surface area contributed by atoms with E-state index in [9.17, 15) is 0 Å². The van der Waals surface area contributed by atoms with Crippen LogP contribution in [0.1, 0.15) is 0 Å². The summed E-state index contributed by atoms with van der Waals surface area (Å²) in [7, 11) is 0. The van der Waals surface area contributed by atoms with Crippen LogP contribution in [0.5, 0.6) is 0 Å². The standard InChI is InChI=1S/C38H21NS/c1-2-10-27-25(8-1)26-9-3-4-11-28(26)30-21-24(18-19-29(27)30)39-31-12-5-7-22-15-16-23-17-20-34-38(36(23)35(22)31)37-32(39)13-6-14-33(37)40-34/h1-21H. The average Bonchev–Trinajstić information content (AvgIpc) is 3.34. The molecule has 0 fully saturated rings. The Hall–Kier alpha value is -4.92. The lowest BCUT2D eigenvalue weighted by atomic mass is 9.94. The molecule has 0 aliphatic rings. The Morgan fingerprint density at radius 1 is 0.375 bits per heavy atom. The van der Waals surface area contributed by atoms with Gasteiger partial charge in [-0.15, -0.1) is 11.3 Å². The highest BCUT2D eigenvalue weighted by Crippen LogP contribution is 2.46. The zero-order chi connectivity index (χ0) is 25.9. The van der Waals surface area contributed by atoms with E-state index in [-0.39, 0.29) is 0 Å². The smallest absolute Gasteiger partial charge is 0.0555 e. The lowest BCUT2D eigenvalue weighted by Crippen LogP contribution is -1.97. The van der Waals surface area contributed by atoms with Crippen molar-refractivity contribution >= 4 is 96.4 Å². The zero-order valence-electron chi connectivity index (χ0n) is 21.5. The molecule has 0 saturated heterocycles. The van der Waals surface area contributed by atoms with Crippen molar-refractivity contribution in [3.63, 3.8) is 0 Å². The second kappa shape index (κ2) is 7.38. The Labute approximate surface area is 233 Å². The van der Waals surface area contributed by atoms with Crippen molar-refractivity contribution in [3.05, 3.63) is 127 Å². The van der Waals surface area contributed by atoms with E-state index in [1.807, 2.05) is 11.3 Å². The fourth-order valence-electron chi connectivity index (χ4n) is 7.28. The van der Waals surface area contributed by atoms with Gasteiger partial charge in [0.15, 0.2) is 0 Å². The topological polar surface area (TPSA) is 4.93 Å². The molecule has 40 heavy (non-hydrogen) atoms. The number of benzene rings is 8. The van der Waals surface area contributed by atoms with Gasteiger partial charge in [0.2, 0.25) is 0 Å². The first-order valence-electron chi connectivity index (χ1n) is 13.8. The highest BCUT2D eigenvalue weighted by molar-refractivity contribution is 7.26. The van der Waals surface area contributed by atoms with Crippen molar-refractivity contribution in [2.24, 2.45) is 0 Å². The maximum atomic E-state index is 2.51. The summed E-state index contributed by atoms with van der Waals surface area (Å²) >= 11 is 1.90. The van der Waals surface area contributed by atoms with E-state index in [0.29, 0.717) is 0 Å². The van der Waals surface area contributed by atoms with E-state index in [4.69, 9.17) is 0 Å². The van der Waals surface area contributed by atoms with Crippen LogP contribution in [-0.4, -0.2) is 4.57 Å². The molecule has 0 unspecified atom stereocenters. The van der Waals surface area contributed by atoms with Crippen LogP contribution in [-0.2, 0) is 0 Å². The van der Waals surface area contributed by atoms with Gasteiger partial charge in [0.05, 0.1) is 11.0 Å². The summed E-state index contributed by atoms with van der Waals surface area (Å²) in [5.74, 6) is 0. The molecule has 184 valence electrons. The van der Waals surface area contributed by atoms with E-state index in [0.717, 1.165) is 0 Å². The Bertz CT molecular complexity index is 2610. The molecule has 2 heterocycles. The maximum Gasteiger partial charge on any atom is 0.0555 e. The van der Waals surface area contributed by atoms with E-state index in [1.165, 1.54) is 90.8 Å². The van der Waals surface area contributed by atoms with Crippen molar-refractivity contribution in [3.8, 4) is 5.69 Å². The van der Waals surface area contributed by atoms with E-state index >= 15 is 0 Å². The molecular formula is C38H21NS. The second-order valence-electron chi connectivity index (χ2n) is 10.9. The largest absolute Gasteiger partial charge is 0.309 e. The lowest BCUT2D eigenvalue weighted by molar-refractivity contribution is 1.18. The highest BCUT2D eigenvalue weighted by Gasteiger charge is 2.19. The van der Waals surface area contributed by atoms with Gasteiger partial charge in [0, 0.05) is 36.6 Å². The van der Waals surface area contributed by atoms with Gasteiger partial charge in [-0.1, -0.05) is 91.0 Å². The predicted molar refractivity (Wildman–Crippen MR) is 175 cm³/mol. The number of thiophene rings is 1. The van der Waals surface area contributed by atoms with Crippen LogP contribution in [0, 0.1) is 0 Å². The molecule has 0 atom stereocenters. The normalized spacial score (nSPS) is 12.5. The fraction of sp³-hybridized carbons (Fsp3) is 0. The van der Waals surface area contributed by atoms with Gasteiger partial charge in [-0.2, -0.15) is 0 Å². The summed E-state index contributed by atoms with van der Waals surface area (Å²) in [4.78, 5) is 0. The minimum Gasteiger partial charge on any atom is -0.309 e. The summed E-state index contributed by atoms with van der Waals surface area (Å²) in [6, 6.07) is 47.5. The minimum absolute atomic E-state index is 1.19. The molecule has 0 saturated carbocycles. The van der Waals surface area contributed by atoms with Crippen molar-refractivity contribution < 1.29 is 0 Å². The number of hydrogen-bond acceptors (Lipinski definition) is 1. The molecule has 0 radical (unpaired) electrons. The highest BCUT2D eigenvalue weighted by atomic mass is 32.1. The summed E-state index contributed by atoms with van der Waals surface area (Å²) in [6.07, 6.45) is 0. The molecule has 10 rings (SSSR count). The van der Waals surface area contributed by atoms with Gasteiger partial charge < -0.3 is 4.57 Å². The fourth-order valence-corrected chi connectivity index (χ4v) is 8.41. The Morgan fingerprint density at radius 3 is 1.70 bits per heavy atom. The quantitative estimate of drug-likeness (QED) is 0.189. The Morgan fingerprint density at radius 2 is 0.950 bits per heavy atom. The number of nitrogens with zero attached hydrogens (tertiary/aromatic N) is 1. The summed E-state index contributed by atoms with van der Waals surface area (Å²) in [6.45, 7) is 0. The predicted octanol–water partition coefficient (Wildman–Crippen LogP) is 11.2. The van der Waals surface area contributed by atoms with E-state index in [2.05, 4.69) is 132 Å². The molecule has 2 heteroatoms. The van der Waals surface area contributed by atoms with Crippen molar-refractivity contribution in [1.29, 1.82) is 0 Å².